The number of rotatable bonds is 9. The normalized spacial score (nSPS) is 16.7. The van der Waals surface area contributed by atoms with Crippen molar-refractivity contribution in [2.45, 2.75) is 51.6 Å². The Balaban J connectivity index is 1.90. The molecule has 0 heterocycles. The maximum Gasteiger partial charge on any atom is 0.0453 e. The third-order valence-corrected chi connectivity index (χ3v) is 4.74. The van der Waals surface area contributed by atoms with Crippen LogP contribution in [0.5, 0.6) is 0 Å². The molecule has 2 nitrogen and oxygen atoms in total. The first-order chi connectivity index (χ1) is 10.1. The molecule has 1 unspecified atom stereocenters. The SMILES string of the molecule is CNC(CCN(CCC(C)C)C1CC1)c1ccccc1Cl. The summed E-state index contributed by atoms with van der Waals surface area (Å²) in [5, 5.41) is 4.30. The molecule has 0 aromatic heterocycles. The first-order valence-corrected chi connectivity index (χ1v) is 8.65. The summed E-state index contributed by atoms with van der Waals surface area (Å²) in [6.45, 7) is 7.02. The number of hydrogen-bond acceptors (Lipinski definition) is 2. The highest BCUT2D eigenvalue weighted by Crippen LogP contribution is 2.30. The molecule has 1 aromatic rings. The van der Waals surface area contributed by atoms with Crippen LogP contribution in [0.4, 0.5) is 0 Å². The molecule has 2 rings (SSSR count). The molecule has 1 fully saturated rings. The Bertz CT molecular complexity index is 429. The van der Waals surface area contributed by atoms with Crippen molar-refractivity contribution in [3.63, 3.8) is 0 Å². The van der Waals surface area contributed by atoms with Gasteiger partial charge in [0.1, 0.15) is 0 Å². The van der Waals surface area contributed by atoms with E-state index in [0.29, 0.717) is 6.04 Å². The minimum absolute atomic E-state index is 0.346. The molecule has 1 aliphatic carbocycles. The van der Waals surface area contributed by atoms with Gasteiger partial charge >= 0.3 is 0 Å². The van der Waals surface area contributed by atoms with E-state index < -0.39 is 0 Å². The van der Waals surface area contributed by atoms with Crippen LogP contribution in [0.3, 0.4) is 0 Å². The molecule has 0 aliphatic heterocycles. The molecule has 1 aliphatic rings. The van der Waals surface area contributed by atoms with Gasteiger partial charge in [-0.2, -0.15) is 0 Å². The molecule has 1 atom stereocenters. The second-order valence-electron chi connectivity index (χ2n) is 6.60. The molecular weight excluding hydrogens is 280 g/mol. The predicted octanol–water partition coefficient (Wildman–Crippen LogP) is 4.50. The van der Waals surface area contributed by atoms with Crippen molar-refractivity contribution in [1.82, 2.24) is 10.2 Å². The van der Waals surface area contributed by atoms with Gasteiger partial charge in [-0.25, -0.2) is 0 Å². The summed E-state index contributed by atoms with van der Waals surface area (Å²) in [7, 11) is 2.03. The van der Waals surface area contributed by atoms with Crippen LogP contribution >= 0.6 is 11.6 Å². The molecule has 0 amide bonds. The summed E-state index contributed by atoms with van der Waals surface area (Å²) < 4.78 is 0. The van der Waals surface area contributed by atoms with Crippen molar-refractivity contribution in [2.24, 2.45) is 5.92 Å². The molecule has 0 bridgehead atoms. The van der Waals surface area contributed by atoms with E-state index in [0.717, 1.165) is 29.9 Å². The van der Waals surface area contributed by atoms with Crippen LogP contribution in [-0.2, 0) is 0 Å². The van der Waals surface area contributed by atoms with Crippen LogP contribution in [0.25, 0.3) is 0 Å². The molecule has 0 spiro atoms. The average Bonchev–Trinajstić information content (AvgIpc) is 3.28. The largest absolute Gasteiger partial charge is 0.313 e. The lowest BCUT2D eigenvalue weighted by Crippen LogP contribution is -2.31. The standard InChI is InChI=1S/C18H29ClN2/c1-14(2)10-12-21(15-8-9-15)13-11-18(20-3)16-6-4-5-7-17(16)19/h4-7,14-15,18,20H,8-13H2,1-3H3. The number of benzene rings is 1. The van der Waals surface area contributed by atoms with Gasteiger partial charge in [-0.15, -0.1) is 0 Å². The van der Waals surface area contributed by atoms with E-state index in [2.05, 4.69) is 36.2 Å². The third kappa shape index (κ3) is 5.28. The summed E-state index contributed by atoms with van der Waals surface area (Å²) in [5.74, 6) is 0.787. The van der Waals surface area contributed by atoms with Crippen molar-refractivity contribution < 1.29 is 0 Å². The second kappa shape index (κ2) is 8.17. The highest BCUT2D eigenvalue weighted by Gasteiger charge is 2.29. The molecule has 118 valence electrons. The number of hydrogen-bond donors (Lipinski definition) is 1. The molecule has 1 saturated carbocycles. The monoisotopic (exact) mass is 308 g/mol. The Morgan fingerprint density at radius 2 is 1.86 bits per heavy atom. The van der Waals surface area contributed by atoms with Crippen molar-refractivity contribution in [3.8, 4) is 0 Å². The van der Waals surface area contributed by atoms with Gasteiger partial charge in [-0.1, -0.05) is 43.6 Å². The van der Waals surface area contributed by atoms with Crippen LogP contribution in [0.1, 0.15) is 51.1 Å². The minimum atomic E-state index is 0.346. The molecule has 0 radical (unpaired) electrons. The lowest BCUT2D eigenvalue weighted by Gasteiger charge is -2.26. The Morgan fingerprint density at radius 1 is 1.19 bits per heavy atom. The highest BCUT2D eigenvalue weighted by molar-refractivity contribution is 6.31. The number of halogens is 1. The van der Waals surface area contributed by atoms with Crippen molar-refractivity contribution in [2.75, 3.05) is 20.1 Å². The van der Waals surface area contributed by atoms with Crippen LogP contribution in [0.15, 0.2) is 24.3 Å². The van der Waals surface area contributed by atoms with E-state index >= 15 is 0 Å². The topological polar surface area (TPSA) is 15.3 Å². The van der Waals surface area contributed by atoms with Gasteiger partial charge < -0.3 is 10.2 Å². The fourth-order valence-corrected chi connectivity index (χ4v) is 3.12. The molecule has 0 saturated heterocycles. The fraction of sp³-hybridized carbons (Fsp3) is 0.667. The summed E-state index contributed by atoms with van der Waals surface area (Å²) in [4.78, 5) is 2.68. The molecule has 1 N–H and O–H groups in total. The Hall–Kier alpha value is -0.570. The average molecular weight is 309 g/mol. The molecule has 3 heteroatoms. The van der Waals surface area contributed by atoms with Gasteiger partial charge in [0.2, 0.25) is 0 Å². The number of nitrogens with zero attached hydrogens (tertiary/aromatic N) is 1. The van der Waals surface area contributed by atoms with Gasteiger partial charge in [-0.3, -0.25) is 0 Å². The van der Waals surface area contributed by atoms with Crippen molar-refractivity contribution in [3.05, 3.63) is 34.9 Å². The van der Waals surface area contributed by atoms with Gasteiger partial charge in [0, 0.05) is 23.7 Å². The molecule has 21 heavy (non-hydrogen) atoms. The van der Waals surface area contributed by atoms with Crippen LogP contribution in [0, 0.1) is 5.92 Å². The van der Waals surface area contributed by atoms with E-state index in [1.165, 1.54) is 31.4 Å². The molecule has 1 aromatic carbocycles. The zero-order valence-electron chi connectivity index (χ0n) is 13.6. The lowest BCUT2D eigenvalue weighted by molar-refractivity contribution is 0.235. The van der Waals surface area contributed by atoms with Crippen LogP contribution < -0.4 is 5.32 Å². The molecular formula is C18H29ClN2. The lowest BCUT2D eigenvalue weighted by atomic mass is 10.0. The van der Waals surface area contributed by atoms with Gasteiger partial charge in [-0.05, 0) is 56.8 Å². The zero-order valence-corrected chi connectivity index (χ0v) is 14.4. The summed E-state index contributed by atoms with van der Waals surface area (Å²) in [6, 6.07) is 9.38. The quantitative estimate of drug-likeness (QED) is 0.722. The Morgan fingerprint density at radius 3 is 2.43 bits per heavy atom. The van der Waals surface area contributed by atoms with E-state index in [1.807, 2.05) is 19.2 Å². The van der Waals surface area contributed by atoms with E-state index in [9.17, 15) is 0 Å². The summed E-state index contributed by atoms with van der Waals surface area (Å²) >= 11 is 6.34. The maximum absolute atomic E-state index is 6.34. The smallest absolute Gasteiger partial charge is 0.0453 e. The third-order valence-electron chi connectivity index (χ3n) is 4.39. The first kappa shape index (κ1) is 16.8. The predicted molar refractivity (Wildman–Crippen MR) is 91.9 cm³/mol. The summed E-state index contributed by atoms with van der Waals surface area (Å²) in [5.41, 5.74) is 1.22. The van der Waals surface area contributed by atoms with Crippen molar-refractivity contribution >= 4 is 11.6 Å². The summed E-state index contributed by atoms with van der Waals surface area (Å²) in [6.07, 6.45) is 5.18. The van der Waals surface area contributed by atoms with Crippen LogP contribution in [-0.4, -0.2) is 31.1 Å². The van der Waals surface area contributed by atoms with E-state index in [4.69, 9.17) is 11.6 Å². The zero-order chi connectivity index (χ0) is 15.2. The van der Waals surface area contributed by atoms with E-state index in [-0.39, 0.29) is 0 Å². The van der Waals surface area contributed by atoms with E-state index in [1.54, 1.807) is 0 Å². The Kier molecular flexibility index (Phi) is 6.53. The second-order valence-corrected chi connectivity index (χ2v) is 7.01. The fourth-order valence-electron chi connectivity index (χ4n) is 2.85. The Labute approximate surface area is 134 Å². The van der Waals surface area contributed by atoms with Crippen LogP contribution in [0.2, 0.25) is 5.02 Å². The van der Waals surface area contributed by atoms with Crippen molar-refractivity contribution in [1.29, 1.82) is 0 Å². The minimum Gasteiger partial charge on any atom is -0.313 e. The maximum atomic E-state index is 6.34. The van der Waals surface area contributed by atoms with Gasteiger partial charge in [0.05, 0.1) is 0 Å². The van der Waals surface area contributed by atoms with Gasteiger partial charge in [0.15, 0.2) is 0 Å². The highest BCUT2D eigenvalue weighted by atomic mass is 35.5. The first-order valence-electron chi connectivity index (χ1n) is 8.27. The number of nitrogens with one attached hydrogen (secondary N) is 1. The van der Waals surface area contributed by atoms with Gasteiger partial charge in [0.25, 0.3) is 0 Å².